The SMILES string of the molecule is CCC1=CC(CC)=[C]([Zr+2](=[C](c2ccccc2)c2ccccc2)[CH]2c3cc(C(C)(C)C)ccc3-c3ccc(C(C)(C)C)cc32)C1.[Cl-].[Cl-]. The summed E-state index contributed by atoms with van der Waals surface area (Å²) >= 11 is -2.80. The minimum atomic E-state index is -2.80. The van der Waals surface area contributed by atoms with Crippen LogP contribution in [-0.4, -0.2) is 3.21 Å². The monoisotopic (exact) mass is 724 g/mol. The average Bonchev–Trinajstić information content (AvgIpc) is 3.58. The Kier molecular flexibility index (Phi) is 11.5. The first-order valence-corrected chi connectivity index (χ1v) is 20.4. The van der Waals surface area contributed by atoms with Gasteiger partial charge in [-0.2, -0.15) is 0 Å². The number of fused-ring (bicyclic) bond motifs is 3. The molecular weight excluding hydrogens is 679 g/mol. The van der Waals surface area contributed by atoms with E-state index in [0.717, 1.165) is 19.3 Å². The van der Waals surface area contributed by atoms with Crippen molar-refractivity contribution in [2.24, 2.45) is 0 Å². The molecule has 2 aliphatic carbocycles. The molecule has 0 nitrogen and oxygen atoms in total. The van der Waals surface area contributed by atoms with Crippen LogP contribution in [0.5, 0.6) is 0 Å². The van der Waals surface area contributed by atoms with Gasteiger partial charge in [0.25, 0.3) is 0 Å². The molecule has 0 saturated heterocycles. The number of allylic oxidation sites excluding steroid dienone is 4. The molecule has 0 amide bonds. The van der Waals surface area contributed by atoms with E-state index in [1.54, 1.807) is 28.8 Å². The molecule has 3 heteroatoms. The van der Waals surface area contributed by atoms with Crippen LogP contribution in [0, 0.1) is 0 Å². The van der Waals surface area contributed by atoms with E-state index >= 15 is 0 Å². The van der Waals surface area contributed by atoms with Crippen LogP contribution in [0.3, 0.4) is 0 Å². The summed E-state index contributed by atoms with van der Waals surface area (Å²) in [5.74, 6) is 0. The molecule has 4 aromatic carbocycles. The first-order chi connectivity index (χ1) is 21.0. The van der Waals surface area contributed by atoms with Crippen molar-refractivity contribution in [1.82, 2.24) is 0 Å². The van der Waals surface area contributed by atoms with Gasteiger partial charge in [0, 0.05) is 0 Å². The Balaban J connectivity index is 0.00000240. The largest absolute Gasteiger partial charge is 1.00 e. The third kappa shape index (κ3) is 6.95. The Morgan fingerprint density at radius 1 is 0.630 bits per heavy atom. The molecule has 0 saturated carbocycles. The number of hydrogen-bond donors (Lipinski definition) is 0. The zero-order valence-corrected chi connectivity index (χ0v) is 32.7. The van der Waals surface area contributed by atoms with Crippen LogP contribution in [0.1, 0.15) is 112 Å². The summed E-state index contributed by atoms with van der Waals surface area (Å²) in [6.45, 7) is 18.9. The molecular formula is C43H48Cl2Zr. The van der Waals surface area contributed by atoms with E-state index < -0.39 is 21.3 Å². The molecule has 0 atom stereocenters. The third-order valence-electron chi connectivity index (χ3n) is 9.76. The van der Waals surface area contributed by atoms with Gasteiger partial charge < -0.3 is 24.8 Å². The topological polar surface area (TPSA) is 0 Å². The van der Waals surface area contributed by atoms with E-state index in [1.807, 2.05) is 0 Å². The first-order valence-electron chi connectivity index (χ1n) is 16.6. The van der Waals surface area contributed by atoms with Crippen molar-refractivity contribution in [2.45, 2.75) is 89.1 Å². The van der Waals surface area contributed by atoms with E-state index in [-0.39, 0.29) is 35.6 Å². The van der Waals surface area contributed by atoms with Crippen LogP contribution in [0.15, 0.2) is 118 Å². The smallest absolute Gasteiger partial charge is 1.00 e. The quantitative estimate of drug-likeness (QED) is 0.241. The summed E-state index contributed by atoms with van der Waals surface area (Å²) in [6, 6.07) is 37.8. The molecule has 6 rings (SSSR count). The molecule has 0 spiro atoms. The standard InChI is InChI=1S/C21H25.C13H10.C9H13.2ClH.Zr/c1-20(2,3)16-7-9-18-14(12-16)11-15-13-17(21(4,5)6)8-10-19(15)18;1-3-7-12(8-4-1)11-13-9-5-2-6-10-13;1-3-8-5-6-9(4-2)7-8;;;/h7-13H,1-6H3;1-10H;7H,3-5H2,1-2H3;2*1H;/q;;;;;+2/p-2. The van der Waals surface area contributed by atoms with Crippen LogP contribution >= 0.6 is 0 Å². The van der Waals surface area contributed by atoms with Crippen LogP contribution in [0.4, 0.5) is 0 Å². The van der Waals surface area contributed by atoms with Gasteiger partial charge in [-0.15, -0.1) is 0 Å². The third-order valence-corrected chi connectivity index (χ3v) is 18.3. The molecule has 0 unspecified atom stereocenters. The van der Waals surface area contributed by atoms with Gasteiger partial charge in [0.05, 0.1) is 0 Å². The molecule has 0 fully saturated rings. The van der Waals surface area contributed by atoms with E-state index in [0.29, 0.717) is 3.63 Å². The maximum absolute atomic E-state index is 2.80. The minimum Gasteiger partial charge on any atom is -1.00 e. The van der Waals surface area contributed by atoms with Gasteiger partial charge in [-0.1, -0.05) is 0 Å². The molecule has 0 radical (unpaired) electrons. The molecule has 238 valence electrons. The number of rotatable bonds is 6. The second kappa shape index (κ2) is 14.4. The van der Waals surface area contributed by atoms with Crippen LogP contribution in [0.25, 0.3) is 11.1 Å². The van der Waals surface area contributed by atoms with Crippen LogP contribution in [0.2, 0.25) is 0 Å². The van der Waals surface area contributed by atoms with Crippen molar-refractivity contribution in [3.05, 3.63) is 151 Å². The summed E-state index contributed by atoms with van der Waals surface area (Å²) in [6.07, 6.45) is 5.97. The van der Waals surface area contributed by atoms with Crippen molar-refractivity contribution in [3.8, 4) is 11.1 Å². The van der Waals surface area contributed by atoms with Gasteiger partial charge in [0.1, 0.15) is 0 Å². The van der Waals surface area contributed by atoms with E-state index in [9.17, 15) is 0 Å². The van der Waals surface area contributed by atoms with Crippen LogP contribution in [-0.2, 0) is 32.1 Å². The van der Waals surface area contributed by atoms with Crippen molar-refractivity contribution < 1.29 is 46.1 Å². The first kappa shape index (κ1) is 36.5. The Hall–Kier alpha value is -2.31. The molecule has 0 N–H and O–H groups in total. The van der Waals surface area contributed by atoms with Gasteiger partial charge in [-0.05, 0) is 0 Å². The molecule has 0 aliphatic heterocycles. The number of benzene rings is 4. The number of hydrogen-bond acceptors (Lipinski definition) is 0. The van der Waals surface area contributed by atoms with E-state index in [1.165, 1.54) is 33.4 Å². The molecule has 46 heavy (non-hydrogen) atoms. The van der Waals surface area contributed by atoms with Gasteiger partial charge in [-0.25, -0.2) is 0 Å². The van der Waals surface area contributed by atoms with Gasteiger partial charge >= 0.3 is 276 Å². The van der Waals surface area contributed by atoms with Crippen molar-refractivity contribution in [3.63, 3.8) is 0 Å². The zero-order chi connectivity index (χ0) is 31.2. The van der Waals surface area contributed by atoms with Crippen LogP contribution < -0.4 is 24.8 Å². The summed E-state index contributed by atoms with van der Waals surface area (Å²) < 4.78 is 3.87. The average molecular weight is 727 g/mol. The normalized spacial score (nSPS) is 14.0. The second-order valence-electron chi connectivity index (χ2n) is 14.7. The van der Waals surface area contributed by atoms with Gasteiger partial charge in [0.15, 0.2) is 0 Å². The maximum atomic E-state index is 2.61. The van der Waals surface area contributed by atoms with Crippen molar-refractivity contribution in [2.75, 3.05) is 0 Å². The predicted molar refractivity (Wildman–Crippen MR) is 188 cm³/mol. The Morgan fingerprint density at radius 3 is 1.48 bits per heavy atom. The van der Waals surface area contributed by atoms with Crippen molar-refractivity contribution in [1.29, 1.82) is 0 Å². The maximum Gasteiger partial charge on any atom is -1.00 e. The fourth-order valence-corrected chi connectivity index (χ4v) is 17.0. The van der Waals surface area contributed by atoms with Gasteiger partial charge in [0.2, 0.25) is 0 Å². The summed E-state index contributed by atoms with van der Waals surface area (Å²) in [4.78, 5) is 0. The van der Waals surface area contributed by atoms with E-state index in [4.69, 9.17) is 0 Å². The fourth-order valence-electron chi connectivity index (χ4n) is 7.20. The fraction of sp³-hybridized carbons (Fsp3) is 0.326. The zero-order valence-electron chi connectivity index (χ0n) is 28.8. The van der Waals surface area contributed by atoms with E-state index in [2.05, 4.69) is 159 Å². The Bertz CT molecular complexity index is 1690. The second-order valence-corrected chi connectivity index (χ2v) is 20.9. The Morgan fingerprint density at radius 2 is 1.09 bits per heavy atom. The molecule has 0 bridgehead atoms. The van der Waals surface area contributed by atoms with Crippen molar-refractivity contribution >= 4 is 3.21 Å². The summed E-state index contributed by atoms with van der Waals surface area (Å²) in [5.41, 5.74) is 15.2. The van der Waals surface area contributed by atoms with Gasteiger partial charge in [-0.3, -0.25) is 0 Å². The molecule has 2 aliphatic rings. The Labute approximate surface area is 298 Å². The molecule has 4 aromatic rings. The molecule has 0 heterocycles. The number of halogens is 2. The minimum absolute atomic E-state index is 0. The predicted octanol–water partition coefficient (Wildman–Crippen LogP) is 5.65. The summed E-state index contributed by atoms with van der Waals surface area (Å²) in [7, 11) is 0. The summed E-state index contributed by atoms with van der Waals surface area (Å²) in [5, 5.41) is 0. The molecule has 0 aromatic heterocycles.